The molecule has 2 amide bonds. The van der Waals surface area contributed by atoms with Crippen LogP contribution in [0, 0.1) is 0 Å². The van der Waals surface area contributed by atoms with Crippen molar-refractivity contribution in [3.05, 3.63) is 30.3 Å². The fraction of sp³-hybridized carbons (Fsp3) is 0.579. The smallest absolute Gasteiger partial charge is 0.323 e. The number of carboxylic acids is 1. The standard InChI is InChI=1S/C19H29N5O3/c25-18(26)14-24(16-4-2-1-3-5-16)15-21-19(27)23-12-10-22(11-13-23)17-6-8-20-9-7-17/h1-5,17,20H,6-15H2,(H,21,27)(H,25,26). The Morgan fingerprint density at radius 3 is 2.41 bits per heavy atom. The third-order valence-corrected chi connectivity index (χ3v) is 5.30. The molecule has 2 saturated heterocycles. The number of anilines is 1. The fourth-order valence-corrected chi connectivity index (χ4v) is 3.78. The van der Waals surface area contributed by atoms with Crippen molar-refractivity contribution in [1.29, 1.82) is 0 Å². The number of nitrogens with zero attached hydrogens (tertiary/aromatic N) is 3. The van der Waals surface area contributed by atoms with Gasteiger partial charge in [0.05, 0.1) is 6.67 Å². The van der Waals surface area contributed by atoms with Crippen molar-refractivity contribution < 1.29 is 14.7 Å². The Hall–Kier alpha value is -2.32. The zero-order valence-electron chi connectivity index (χ0n) is 15.6. The molecular formula is C19H29N5O3. The molecule has 0 unspecified atom stereocenters. The summed E-state index contributed by atoms with van der Waals surface area (Å²) in [7, 11) is 0. The van der Waals surface area contributed by atoms with Gasteiger partial charge in [0.25, 0.3) is 0 Å². The number of nitrogens with one attached hydrogen (secondary N) is 2. The van der Waals surface area contributed by atoms with Gasteiger partial charge in [-0.25, -0.2) is 4.79 Å². The highest BCUT2D eigenvalue weighted by atomic mass is 16.4. The van der Waals surface area contributed by atoms with Crippen LogP contribution in [0.5, 0.6) is 0 Å². The van der Waals surface area contributed by atoms with Gasteiger partial charge >= 0.3 is 12.0 Å². The highest BCUT2D eigenvalue weighted by Crippen LogP contribution is 2.15. The molecule has 2 aliphatic rings. The van der Waals surface area contributed by atoms with Crippen LogP contribution in [-0.2, 0) is 4.79 Å². The minimum atomic E-state index is -0.927. The van der Waals surface area contributed by atoms with Crippen molar-refractivity contribution in [2.45, 2.75) is 18.9 Å². The molecule has 0 bridgehead atoms. The predicted molar refractivity (Wildman–Crippen MR) is 104 cm³/mol. The van der Waals surface area contributed by atoms with E-state index in [4.69, 9.17) is 5.11 Å². The first-order valence-corrected chi connectivity index (χ1v) is 9.63. The van der Waals surface area contributed by atoms with Crippen LogP contribution in [0.1, 0.15) is 12.8 Å². The topological polar surface area (TPSA) is 88.1 Å². The summed E-state index contributed by atoms with van der Waals surface area (Å²) >= 11 is 0. The fourth-order valence-electron chi connectivity index (χ4n) is 3.78. The van der Waals surface area contributed by atoms with Gasteiger partial charge in [-0.1, -0.05) is 18.2 Å². The number of urea groups is 1. The molecule has 0 atom stereocenters. The molecule has 8 heteroatoms. The summed E-state index contributed by atoms with van der Waals surface area (Å²) in [6.45, 7) is 5.37. The van der Waals surface area contributed by atoms with E-state index in [1.165, 1.54) is 12.8 Å². The van der Waals surface area contributed by atoms with Gasteiger partial charge in [0.2, 0.25) is 0 Å². The van der Waals surface area contributed by atoms with E-state index in [9.17, 15) is 9.59 Å². The van der Waals surface area contributed by atoms with Crippen molar-refractivity contribution in [3.8, 4) is 0 Å². The molecule has 0 spiro atoms. The lowest BCUT2D eigenvalue weighted by molar-refractivity contribution is -0.135. The van der Waals surface area contributed by atoms with Crippen LogP contribution in [0.2, 0.25) is 0 Å². The molecule has 1 aromatic carbocycles. The van der Waals surface area contributed by atoms with Crippen LogP contribution in [0.4, 0.5) is 10.5 Å². The van der Waals surface area contributed by atoms with Gasteiger partial charge < -0.3 is 25.5 Å². The molecule has 0 aliphatic carbocycles. The van der Waals surface area contributed by atoms with Gasteiger partial charge in [0.1, 0.15) is 6.54 Å². The van der Waals surface area contributed by atoms with E-state index >= 15 is 0 Å². The SMILES string of the molecule is O=C(O)CN(CNC(=O)N1CCN(C2CCNCC2)CC1)c1ccccc1. The van der Waals surface area contributed by atoms with Crippen LogP contribution in [-0.4, -0.2) is 85.4 Å². The van der Waals surface area contributed by atoms with E-state index in [1.54, 1.807) is 4.90 Å². The van der Waals surface area contributed by atoms with Crippen molar-refractivity contribution >= 4 is 17.7 Å². The van der Waals surface area contributed by atoms with Gasteiger partial charge in [0.15, 0.2) is 0 Å². The van der Waals surface area contributed by atoms with Gasteiger partial charge in [0, 0.05) is 37.9 Å². The van der Waals surface area contributed by atoms with Crippen LogP contribution in [0.3, 0.4) is 0 Å². The summed E-state index contributed by atoms with van der Waals surface area (Å²) in [5, 5.41) is 15.4. The maximum Gasteiger partial charge on any atom is 0.323 e. The van der Waals surface area contributed by atoms with Crippen LogP contribution < -0.4 is 15.5 Å². The first kappa shape index (κ1) is 19.4. The highest BCUT2D eigenvalue weighted by Gasteiger charge is 2.27. The third-order valence-electron chi connectivity index (χ3n) is 5.30. The number of carboxylic acid groups (broad SMARTS) is 1. The molecule has 2 fully saturated rings. The summed E-state index contributed by atoms with van der Waals surface area (Å²) in [5.41, 5.74) is 0.774. The lowest BCUT2D eigenvalue weighted by Crippen LogP contribution is -2.56. The lowest BCUT2D eigenvalue weighted by Gasteiger charge is -2.41. The maximum atomic E-state index is 12.5. The van der Waals surface area contributed by atoms with Crippen molar-refractivity contribution in [3.63, 3.8) is 0 Å². The number of carbonyl (C=O) groups is 2. The molecule has 0 saturated carbocycles. The summed E-state index contributed by atoms with van der Waals surface area (Å²) < 4.78 is 0. The second-order valence-corrected chi connectivity index (χ2v) is 7.07. The summed E-state index contributed by atoms with van der Waals surface area (Å²) in [4.78, 5) is 29.6. The first-order valence-electron chi connectivity index (χ1n) is 9.63. The van der Waals surface area contributed by atoms with Gasteiger partial charge in [-0.2, -0.15) is 0 Å². The third kappa shape index (κ3) is 5.58. The zero-order chi connectivity index (χ0) is 19.1. The average Bonchev–Trinajstić information content (AvgIpc) is 2.72. The van der Waals surface area contributed by atoms with E-state index in [-0.39, 0.29) is 19.2 Å². The van der Waals surface area contributed by atoms with Crippen molar-refractivity contribution in [2.75, 3.05) is 57.4 Å². The Balaban J connectivity index is 1.47. The minimum Gasteiger partial charge on any atom is -0.480 e. The van der Waals surface area contributed by atoms with Gasteiger partial charge in [-0.3, -0.25) is 9.69 Å². The van der Waals surface area contributed by atoms with Gasteiger partial charge in [-0.15, -0.1) is 0 Å². The molecule has 8 nitrogen and oxygen atoms in total. The molecule has 1 aromatic rings. The number of rotatable bonds is 6. The number of hydrogen-bond acceptors (Lipinski definition) is 5. The molecule has 27 heavy (non-hydrogen) atoms. The number of benzene rings is 1. The van der Waals surface area contributed by atoms with Crippen molar-refractivity contribution in [1.82, 2.24) is 20.4 Å². The number of carbonyl (C=O) groups excluding carboxylic acids is 1. The van der Waals surface area contributed by atoms with E-state index in [0.29, 0.717) is 19.1 Å². The van der Waals surface area contributed by atoms with Crippen LogP contribution in [0.25, 0.3) is 0 Å². The zero-order valence-corrected chi connectivity index (χ0v) is 15.6. The summed E-state index contributed by atoms with van der Waals surface area (Å²) in [6, 6.07) is 9.76. The molecule has 2 heterocycles. The second kappa shape index (κ2) is 9.57. The molecular weight excluding hydrogens is 346 g/mol. The van der Waals surface area contributed by atoms with Crippen molar-refractivity contribution in [2.24, 2.45) is 0 Å². The number of piperazine rings is 1. The number of para-hydroxylation sites is 1. The monoisotopic (exact) mass is 375 g/mol. The molecule has 148 valence electrons. The number of amides is 2. The highest BCUT2D eigenvalue weighted by molar-refractivity contribution is 5.76. The maximum absolute atomic E-state index is 12.5. The lowest BCUT2D eigenvalue weighted by atomic mass is 10.0. The Bertz CT molecular complexity index is 613. The molecule has 0 radical (unpaired) electrons. The summed E-state index contributed by atoms with van der Waals surface area (Å²) in [6.07, 6.45) is 2.35. The van der Waals surface area contributed by atoms with E-state index in [2.05, 4.69) is 15.5 Å². The first-order chi connectivity index (χ1) is 13.1. The largest absolute Gasteiger partial charge is 0.480 e. The number of hydrogen-bond donors (Lipinski definition) is 3. The van der Waals surface area contributed by atoms with E-state index < -0.39 is 5.97 Å². The normalized spacial score (nSPS) is 18.9. The predicted octanol–water partition coefficient (Wildman–Crippen LogP) is 0.614. The van der Waals surface area contributed by atoms with E-state index in [0.717, 1.165) is 31.9 Å². The minimum absolute atomic E-state index is 0.133. The molecule has 3 N–H and O–H groups in total. The summed E-state index contributed by atoms with van der Waals surface area (Å²) in [5.74, 6) is -0.927. The Morgan fingerprint density at radius 2 is 1.78 bits per heavy atom. The Kier molecular flexibility index (Phi) is 6.89. The van der Waals surface area contributed by atoms with Crippen LogP contribution >= 0.6 is 0 Å². The number of aliphatic carboxylic acids is 1. The second-order valence-electron chi connectivity index (χ2n) is 7.07. The Labute approximate surface area is 160 Å². The molecule has 0 aromatic heterocycles. The van der Waals surface area contributed by atoms with E-state index in [1.807, 2.05) is 35.2 Å². The Morgan fingerprint density at radius 1 is 1.11 bits per heavy atom. The molecule has 2 aliphatic heterocycles. The molecule has 3 rings (SSSR count). The number of piperidine rings is 1. The van der Waals surface area contributed by atoms with Crippen LogP contribution in [0.15, 0.2) is 30.3 Å². The quantitative estimate of drug-likeness (QED) is 0.632. The van der Waals surface area contributed by atoms with Gasteiger partial charge in [-0.05, 0) is 38.1 Å². The average molecular weight is 375 g/mol.